The summed E-state index contributed by atoms with van der Waals surface area (Å²) < 4.78 is 12.9. The lowest BCUT2D eigenvalue weighted by molar-refractivity contribution is 0.0638. The number of amides is 1. The molecule has 4 heteroatoms. The van der Waals surface area contributed by atoms with E-state index in [1.54, 1.807) is 17.7 Å². The van der Waals surface area contributed by atoms with Gasteiger partial charge in [-0.25, -0.2) is 4.39 Å². The van der Waals surface area contributed by atoms with Crippen LogP contribution in [0.5, 0.6) is 0 Å². The lowest BCUT2D eigenvalue weighted by atomic mass is 9.97. The maximum Gasteiger partial charge on any atom is 0.253 e. The maximum absolute atomic E-state index is 12.9. The second-order valence-electron chi connectivity index (χ2n) is 6.50. The Morgan fingerprint density at radius 2 is 1.78 bits per heavy atom. The highest BCUT2D eigenvalue weighted by Crippen LogP contribution is 2.20. The summed E-state index contributed by atoms with van der Waals surface area (Å²) in [5.74, 6) is -0.289. The first-order chi connectivity index (χ1) is 11.2. The van der Waals surface area contributed by atoms with Crippen molar-refractivity contribution in [2.75, 3.05) is 32.7 Å². The molecule has 0 unspecified atom stereocenters. The van der Waals surface area contributed by atoms with Crippen LogP contribution in [0.15, 0.2) is 35.9 Å². The third kappa shape index (κ3) is 4.41. The topological polar surface area (TPSA) is 23.6 Å². The van der Waals surface area contributed by atoms with Gasteiger partial charge in [0, 0.05) is 38.3 Å². The van der Waals surface area contributed by atoms with E-state index >= 15 is 0 Å². The third-order valence-corrected chi connectivity index (χ3v) is 4.88. The van der Waals surface area contributed by atoms with Crippen molar-refractivity contribution < 1.29 is 9.18 Å². The van der Waals surface area contributed by atoms with Gasteiger partial charge in [0.15, 0.2) is 0 Å². The molecule has 0 N–H and O–H groups in total. The first-order valence-corrected chi connectivity index (χ1v) is 8.67. The molecule has 1 aromatic rings. The van der Waals surface area contributed by atoms with E-state index in [2.05, 4.69) is 11.0 Å². The van der Waals surface area contributed by atoms with Crippen LogP contribution >= 0.6 is 0 Å². The fourth-order valence-electron chi connectivity index (χ4n) is 3.38. The Balaban J connectivity index is 1.45. The van der Waals surface area contributed by atoms with Crippen molar-refractivity contribution in [1.82, 2.24) is 9.80 Å². The summed E-state index contributed by atoms with van der Waals surface area (Å²) in [6.45, 7) is 4.48. The number of carbonyl (C=O) groups is 1. The number of rotatable bonds is 4. The molecule has 3 rings (SSSR count). The number of nitrogens with zero attached hydrogens (tertiary/aromatic N) is 2. The molecule has 1 aromatic carbocycles. The molecule has 124 valence electrons. The molecule has 1 aliphatic heterocycles. The van der Waals surface area contributed by atoms with E-state index in [-0.39, 0.29) is 11.7 Å². The van der Waals surface area contributed by atoms with E-state index in [4.69, 9.17) is 0 Å². The number of piperazine rings is 1. The molecule has 1 heterocycles. The van der Waals surface area contributed by atoms with Crippen molar-refractivity contribution in [1.29, 1.82) is 0 Å². The SMILES string of the molecule is O=C(c1ccc(F)cc1)N1CCN(CCC2=CCCCC2)CC1. The Hall–Kier alpha value is -1.68. The van der Waals surface area contributed by atoms with E-state index in [0.717, 1.165) is 32.7 Å². The predicted octanol–water partition coefficient (Wildman–Crippen LogP) is 3.47. The fourth-order valence-corrected chi connectivity index (χ4v) is 3.38. The first kappa shape index (κ1) is 16.2. The molecular weight excluding hydrogens is 291 g/mol. The zero-order valence-corrected chi connectivity index (χ0v) is 13.6. The second-order valence-corrected chi connectivity index (χ2v) is 6.50. The minimum absolute atomic E-state index is 0.0136. The summed E-state index contributed by atoms with van der Waals surface area (Å²) in [6.07, 6.45) is 8.78. The molecule has 0 spiro atoms. The van der Waals surface area contributed by atoms with Crippen molar-refractivity contribution in [3.63, 3.8) is 0 Å². The maximum atomic E-state index is 12.9. The summed E-state index contributed by atoms with van der Waals surface area (Å²) in [5, 5.41) is 0. The van der Waals surface area contributed by atoms with Gasteiger partial charge < -0.3 is 4.90 Å². The van der Waals surface area contributed by atoms with Gasteiger partial charge in [-0.05, 0) is 56.4 Å². The molecule has 1 amide bonds. The Bertz CT molecular complexity index is 559. The normalized spacial score (nSPS) is 19.5. The molecule has 1 saturated heterocycles. The summed E-state index contributed by atoms with van der Waals surface area (Å²) in [6, 6.07) is 5.84. The molecule has 0 saturated carbocycles. The van der Waals surface area contributed by atoms with Gasteiger partial charge in [0.1, 0.15) is 5.82 Å². The van der Waals surface area contributed by atoms with Crippen molar-refractivity contribution in [3.8, 4) is 0 Å². The standard InChI is InChI=1S/C19H25FN2O/c20-18-8-6-17(7-9-18)19(23)22-14-12-21(13-15-22)11-10-16-4-2-1-3-5-16/h4,6-9H,1-3,5,10-15H2. The van der Waals surface area contributed by atoms with Crippen LogP contribution in [0.25, 0.3) is 0 Å². The van der Waals surface area contributed by atoms with Crippen LogP contribution < -0.4 is 0 Å². The minimum Gasteiger partial charge on any atom is -0.336 e. The lowest BCUT2D eigenvalue weighted by Gasteiger charge is -2.35. The Labute approximate surface area is 137 Å². The molecule has 0 radical (unpaired) electrons. The van der Waals surface area contributed by atoms with Crippen molar-refractivity contribution in [2.45, 2.75) is 32.1 Å². The average Bonchev–Trinajstić information content (AvgIpc) is 2.61. The Kier molecular flexibility index (Phi) is 5.44. The van der Waals surface area contributed by atoms with Gasteiger partial charge in [0.2, 0.25) is 0 Å². The van der Waals surface area contributed by atoms with Gasteiger partial charge in [-0.1, -0.05) is 11.6 Å². The summed E-state index contributed by atoms with van der Waals surface area (Å²) in [7, 11) is 0. The summed E-state index contributed by atoms with van der Waals surface area (Å²) in [4.78, 5) is 16.7. The molecule has 1 aliphatic carbocycles. The molecule has 0 aromatic heterocycles. The van der Waals surface area contributed by atoms with Gasteiger partial charge in [-0.15, -0.1) is 0 Å². The van der Waals surface area contributed by atoms with Gasteiger partial charge in [0.25, 0.3) is 5.91 Å². The lowest BCUT2D eigenvalue weighted by Crippen LogP contribution is -2.48. The van der Waals surface area contributed by atoms with Gasteiger partial charge in [-0.2, -0.15) is 0 Å². The van der Waals surface area contributed by atoms with E-state index in [9.17, 15) is 9.18 Å². The largest absolute Gasteiger partial charge is 0.336 e. The summed E-state index contributed by atoms with van der Waals surface area (Å²) in [5.41, 5.74) is 2.19. The minimum atomic E-state index is -0.302. The van der Waals surface area contributed by atoms with Crippen LogP contribution in [-0.4, -0.2) is 48.4 Å². The highest BCUT2D eigenvalue weighted by molar-refractivity contribution is 5.94. The Morgan fingerprint density at radius 1 is 1.04 bits per heavy atom. The number of hydrogen-bond donors (Lipinski definition) is 0. The molecular formula is C19H25FN2O. The Morgan fingerprint density at radius 3 is 2.43 bits per heavy atom. The molecule has 3 nitrogen and oxygen atoms in total. The van der Waals surface area contributed by atoms with Crippen LogP contribution in [-0.2, 0) is 0 Å². The second kappa shape index (κ2) is 7.73. The van der Waals surface area contributed by atoms with E-state index < -0.39 is 0 Å². The van der Waals surface area contributed by atoms with Crippen LogP contribution in [0.2, 0.25) is 0 Å². The smallest absolute Gasteiger partial charge is 0.253 e. The van der Waals surface area contributed by atoms with Crippen molar-refractivity contribution in [2.24, 2.45) is 0 Å². The van der Waals surface area contributed by atoms with Gasteiger partial charge in [0.05, 0.1) is 0 Å². The zero-order chi connectivity index (χ0) is 16.1. The third-order valence-electron chi connectivity index (χ3n) is 4.88. The van der Waals surface area contributed by atoms with Crippen molar-refractivity contribution >= 4 is 5.91 Å². The number of hydrogen-bond acceptors (Lipinski definition) is 2. The summed E-state index contributed by atoms with van der Waals surface area (Å²) >= 11 is 0. The van der Waals surface area contributed by atoms with Gasteiger partial charge >= 0.3 is 0 Å². The van der Waals surface area contributed by atoms with Crippen LogP contribution in [0.1, 0.15) is 42.5 Å². The van der Waals surface area contributed by atoms with Crippen LogP contribution in [0.3, 0.4) is 0 Å². The molecule has 1 fully saturated rings. The molecule has 0 bridgehead atoms. The number of allylic oxidation sites excluding steroid dienone is 1. The molecule has 2 aliphatic rings. The number of benzene rings is 1. The van der Waals surface area contributed by atoms with Crippen molar-refractivity contribution in [3.05, 3.63) is 47.3 Å². The highest BCUT2D eigenvalue weighted by atomic mass is 19.1. The first-order valence-electron chi connectivity index (χ1n) is 8.67. The van der Waals surface area contributed by atoms with E-state index in [1.165, 1.54) is 44.2 Å². The average molecular weight is 316 g/mol. The fraction of sp³-hybridized carbons (Fsp3) is 0.526. The monoisotopic (exact) mass is 316 g/mol. The quantitative estimate of drug-likeness (QED) is 0.794. The molecule has 0 atom stereocenters. The van der Waals surface area contributed by atoms with Crippen LogP contribution in [0.4, 0.5) is 4.39 Å². The van der Waals surface area contributed by atoms with E-state index in [1.807, 2.05) is 4.90 Å². The van der Waals surface area contributed by atoms with Crippen LogP contribution in [0, 0.1) is 5.82 Å². The molecule has 23 heavy (non-hydrogen) atoms. The predicted molar refractivity (Wildman–Crippen MR) is 89.9 cm³/mol. The highest BCUT2D eigenvalue weighted by Gasteiger charge is 2.22. The zero-order valence-electron chi connectivity index (χ0n) is 13.6. The number of halogens is 1. The number of carbonyl (C=O) groups excluding carboxylic acids is 1. The van der Waals surface area contributed by atoms with E-state index in [0.29, 0.717) is 5.56 Å². The van der Waals surface area contributed by atoms with Gasteiger partial charge in [-0.3, -0.25) is 9.69 Å².